The van der Waals surface area contributed by atoms with Crippen molar-refractivity contribution in [2.24, 2.45) is 5.73 Å². The first-order chi connectivity index (χ1) is 16.1. The Morgan fingerprint density at radius 2 is 1.63 bits per heavy atom. The number of aryl methyl sites for hydroxylation is 2. The van der Waals surface area contributed by atoms with E-state index in [1.165, 1.54) is 14.2 Å². The number of carbonyl (C=O) groups is 5. The van der Waals surface area contributed by atoms with Gasteiger partial charge in [0.25, 0.3) is 0 Å². The molecule has 4 N–H and O–H groups in total. The summed E-state index contributed by atoms with van der Waals surface area (Å²) in [5.74, 6) is -2.58. The van der Waals surface area contributed by atoms with Gasteiger partial charge in [-0.3, -0.25) is 19.2 Å². The molecule has 0 heterocycles. The molecule has 4 amide bonds. The molecule has 0 aromatic heterocycles. The van der Waals surface area contributed by atoms with Crippen LogP contribution in [0.25, 0.3) is 0 Å². The lowest BCUT2D eigenvalue weighted by Crippen LogP contribution is -2.52. The van der Waals surface area contributed by atoms with Crippen molar-refractivity contribution in [3.63, 3.8) is 0 Å². The Morgan fingerprint density at radius 1 is 1.06 bits per heavy atom. The van der Waals surface area contributed by atoms with E-state index in [1.807, 2.05) is 19.9 Å². The molecule has 0 bridgehead atoms. The summed E-state index contributed by atoms with van der Waals surface area (Å²) in [5.41, 5.74) is 6.67. The van der Waals surface area contributed by atoms with Gasteiger partial charge in [-0.15, -0.1) is 0 Å². The number of nitrogens with zero attached hydrogens (tertiary/aromatic N) is 1. The van der Waals surface area contributed by atoms with Gasteiger partial charge in [0.1, 0.15) is 24.2 Å². The Labute approximate surface area is 205 Å². The Balaban J connectivity index is 3.32. The Bertz CT molecular complexity index is 935. The minimum absolute atomic E-state index is 0.0961. The number of benzene rings is 1. The molecule has 1 aromatic rings. The molecule has 2 unspecified atom stereocenters. The number of esters is 1. The molecule has 0 aliphatic carbocycles. The zero-order valence-corrected chi connectivity index (χ0v) is 21.4. The topological polar surface area (TPSA) is 157 Å². The third-order valence-corrected chi connectivity index (χ3v) is 4.85. The van der Waals surface area contributed by atoms with Gasteiger partial charge in [0.2, 0.25) is 17.7 Å². The average Bonchev–Trinajstić information content (AvgIpc) is 2.72. The first-order valence-electron chi connectivity index (χ1n) is 11.1. The minimum Gasteiger partial charge on any atom is -0.468 e. The highest BCUT2D eigenvalue weighted by molar-refractivity contribution is 5.93. The molecule has 11 heteroatoms. The van der Waals surface area contributed by atoms with Crippen LogP contribution in [-0.2, 0) is 28.7 Å². The third kappa shape index (κ3) is 10.0. The highest BCUT2D eigenvalue weighted by atomic mass is 16.6. The normalized spacial score (nSPS) is 12.7. The lowest BCUT2D eigenvalue weighted by atomic mass is 9.98. The maximum absolute atomic E-state index is 13.5. The molecule has 35 heavy (non-hydrogen) atoms. The van der Waals surface area contributed by atoms with Gasteiger partial charge in [-0.2, -0.15) is 0 Å². The molecule has 1 aromatic carbocycles. The highest BCUT2D eigenvalue weighted by Crippen LogP contribution is 2.24. The maximum atomic E-state index is 13.5. The van der Waals surface area contributed by atoms with Gasteiger partial charge in [-0.25, -0.2) is 4.79 Å². The van der Waals surface area contributed by atoms with E-state index in [1.54, 1.807) is 32.9 Å². The number of alkyl carbamates (subject to hydrolysis) is 1. The van der Waals surface area contributed by atoms with Crippen LogP contribution in [0.3, 0.4) is 0 Å². The average molecular weight is 493 g/mol. The SMILES string of the molecule is COC(=O)CNC(=O)C(c1cc(C)cc(C)c1)N(C)C(=O)C(CCC(N)=O)NC(=O)OC(C)(C)C. The van der Waals surface area contributed by atoms with Crippen LogP contribution < -0.4 is 16.4 Å². The van der Waals surface area contributed by atoms with Crippen molar-refractivity contribution in [3.8, 4) is 0 Å². The summed E-state index contributed by atoms with van der Waals surface area (Å²) in [6.45, 7) is 8.31. The van der Waals surface area contributed by atoms with Gasteiger partial charge in [0.05, 0.1) is 7.11 Å². The summed E-state index contributed by atoms with van der Waals surface area (Å²) >= 11 is 0. The van der Waals surface area contributed by atoms with Gasteiger partial charge in [-0.1, -0.05) is 29.3 Å². The molecule has 0 radical (unpaired) electrons. The quantitative estimate of drug-likeness (QED) is 0.415. The number of likely N-dealkylation sites (N-methyl/N-ethyl adjacent to an activating group) is 1. The standard InChI is InChI=1S/C24H36N4O7/c1-14-10-15(2)12-16(11-14)20(21(31)26-13-19(30)34-7)28(6)22(32)17(8-9-18(25)29)27-23(33)35-24(3,4)5/h10-12,17,20H,8-9,13H2,1-7H3,(H2,25,29)(H,26,31)(H,27,33). The molecule has 194 valence electrons. The molecule has 1 rings (SSSR count). The molecular formula is C24H36N4O7. The number of carbonyl (C=O) groups excluding carboxylic acids is 5. The van der Waals surface area contributed by atoms with Gasteiger partial charge >= 0.3 is 12.1 Å². The second kappa shape index (κ2) is 12.7. The molecule has 0 aliphatic heterocycles. The number of hydrogen-bond acceptors (Lipinski definition) is 7. The van der Waals surface area contributed by atoms with E-state index in [2.05, 4.69) is 15.4 Å². The van der Waals surface area contributed by atoms with Crippen LogP contribution in [0, 0.1) is 13.8 Å². The zero-order chi connectivity index (χ0) is 26.9. The predicted molar refractivity (Wildman–Crippen MR) is 128 cm³/mol. The predicted octanol–water partition coefficient (Wildman–Crippen LogP) is 1.25. The van der Waals surface area contributed by atoms with Crippen LogP contribution in [-0.4, -0.2) is 67.0 Å². The fraction of sp³-hybridized carbons (Fsp3) is 0.542. The molecule has 0 spiro atoms. The van der Waals surface area contributed by atoms with E-state index in [0.29, 0.717) is 5.56 Å². The third-order valence-electron chi connectivity index (χ3n) is 4.85. The summed E-state index contributed by atoms with van der Waals surface area (Å²) in [6.07, 6.45) is -1.13. The molecule has 0 saturated carbocycles. The largest absolute Gasteiger partial charge is 0.468 e. The van der Waals surface area contributed by atoms with Crippen molar-refractivity contribution in [2.45, 2.75) is 65.1 Å². The monoisotopic (exact) mass is 492 g/mol. The Morgan fingerprint density at radius 3 is 2.11 bits per heavy atom. The van der Waals surface area contributed by atoms with Crippen molar-refractivity contribution in [3.05, 3.63) is 34.9 Å². The fourth-order valence-corrected chi connectivity index (χ4v) is 3.41. The van der Waals surface area contributed by atoms with E-state index < -0.39 is 47.5 Å². The number of nitrogens with one attached hydrogen (secondary N) is 2. The maximum Gasteiger partial charge on any atom is 0.408 e. The Hall–Kier alpha value is -3.63. The second-order valence-electron chi connectivity index (χ2n) is 9.27. The van der Waals surface area contributed by atoms with Crippen molar-refractivity contribution < 1.29 is 33.4 Å². The van der Waals surface area contributed by atoms with Crippen molar-refractivity contribution in [2.75, 3.05) is 20.7 Å². The Kier molecular flexibility index (Phi) is 10.7. The van der Waals surface area contributed by atoms with Crippen LogP contribution in [0.5, 0.6) is 0 Å². The van der Waals surface area contributed by atoms with E-state index in [-0.39, 0.29) is 19.4 Å². The summed E-state index contributed by atoms with van der Waals surface area (Å²) in [5, 5.41) is 4.95. The number of methoxy groups -OCH3 is 1. The number of amides is 4. The van der Waals surface area contributed by atoms with Crippen LogP contribution >= 0.6 is 0 Å². The lowest BCUT2D eigenvalue weighted by molar-refractivity contribution is -0.143. The van der Waals surface area contributed by atoms with E-state index in [4.69, 9.17) is 10.5 Å². The minimum atomic E-state index is -1.19. The summed E-state index contributed by atoms with van der Waals surface area (Å²) in [6, 6.07) is 3.08. The number of ether oxygens (including phenoxy) is 2. The smallest absolute Gasteiger partial charge is 0.408 e. The summed E-state index contributed by atoms with van der Waals surface area (Å²) in [7, 11) is 2.59. The fourth-order valence-electron chi connectivity index (χ4n) is 3.41. The van der Waals surface area contributed by atoms with Crippen LogP contribution in [0.4, 0.5) is 4.79 Å². The van der Waals surface area contributed by atoms with Gasteiger partial charge in [-0.05, 0) is 46.6 Å². The lowest BCUT2D eigenvalue weighted by Gasteiger charge is -2.31. The molecule has 11 nitrogen and oxygen atoms in total. The van der Waals surface area contributed by atoms with Gasteiger partial charge < -0.3 is 30.7 Å². The summed E-state index contributed by atoms with van der Waals surface area (Å²) in [4.78, 5) is 63.1. The number of hydrogen-bond donors (Lipinski definition) is 3. The summed E-state index contributed by atoms with van der Waals surface area (Å²) < 4.78 is 9.81. The van der Waals surface area contributed by atoms with Crippen LogP contribution in [0.15, 0.2) is 18.2 Å². The van der Waals surface area contributed by atoms with Crippen LogP contribution in [0.2, 0.25) is 0 Å². The van der Waals surface area contributed by atoms with Crippen molar-refractivity contribution in [1.82, 2.24) is 15.5 Å². The van der Waals surface area contributed by atoms with Crippen molar-refractivity contribution >= 4 is 29.8 Å². The van der Waals surface area contributed by atoms with Crippen LogP contribution in [0.1, 0.15) is 56.3 Å². The second-order valence-corrected chi connectivity index (χ2v) is 9.27. The van der Waals surface area contributed by atoms with Gasteiger partial charge in [0, 0.05) is 13.5 Å². The van der Waals surface area contributed by atoms with Crippen molar-refractivity contribution in [1.29, 1.82) is 0 Å². The molecule has 0 aliphatic rings. The number of primary amides is 1. The van der Waals surface area contributed by atoms with Gasteiger partial charge in [0.15, 0.2) is 0 Å². The zero-order valence-electron chi connectivity index (χ0n) is 21.4. The molecule has 0 fully saturated rings. The highest BCUT2D eigenvalue weighted by Gasteiger charge is 2.34. The first kappa shape index (κ1) is 29.4. The van der Waals surface area contributed by atoms with E-state index in [0.717, 1.165) is 16.0 Å². The first-order valence-corrected chi connectivity index (χ1v) is 11.1. The van der Waals surface area contributed by atoms with E-state index in [9.17, 15) is 24.0 Å². The number of rotatable bonds is 10. The number of nitrogens with two attached hydrogens (primary N) is 1. The van der Waals surface area contributed by atoms with E-state index >= 15 is 0 Å². The molecule has 2 atom stereocenters. The molecule has 0 saturated heterocycles. The molecular weight excluding hydrogens is 456 g/mol.